The van der Waals surface area contributed by atoms with Crippen LogP contribution in [0.25, 0.3) is 0 Å². The Labute approximate surface area is 132 Å². The Morgan fingerprint density at radius 3 is 2.59 bits per heavy atom. The molecule has 122 valence electrons. The molecule has 0 spiro atoms. The van der Waals surface area contributed by atoms with Gasteiger partial charge in [-0.3, -0.25) is 0 Å². The number of benzene rings is 1. The molecule has 4 nitrogen and oxygen atoms in total. The highest BCUT2D eigenvalue weighted by Gasteiger charge is 2.17. The molecular formula is C18H26O4. The number of allylic oxidation sites excluding steroid dienone is 1. The summed E-state index contributed by atoms with van der Waals surface area (Å²) < 4.78 is 10.3. The average molecular weight is 306 g/mol. The SMILES string of the molecule is COC(=O)C=CCCCC(C)(C)COCc1ccc(O)cc1. The van der Waals surface area contributed by atoms with E-state index >= 15 is 0 Å². The van der Waals surface area contributed by atoms with E-state index in [1.54, 1.807) is 12.1 Å². The molecule has 0 unspecified atom stereocenters. The predicted molar refractivity (Wildman–Crippen MR) is 86.6 cm³/mol. The average Bonchev–Trinajstić information content (AvgIpc) is 2.48. The van der Waals surface area contributed by atoms with Crippen molar-refractivity contribution >= 4 is 5.97 Å². The van der Waals surface area contributed by atoms with Gasteiger partial charge in [0.25, 0.3) is 0 Å². The van der Waals surface area contributed by atoms with E-state index in [1.807, 2.05) is 18.2 Å². The summed E-state index contributed by atoms with van der Waals surface area (Å²) in [6, 6.07) is 7.05. The largest absolute Gasteiger partial charge is 0.508 e. The van der Waals surface area contributed by atoms with Gasteiger partial charge in [-0.05, 0) is 42.4 Å². The lowest BCUT2D eigenvalue weighted by Gasteiger charge is -2.24. The Balaban J connectivity index is 2.21. The lowest BCUT2D eigenvalue weighted by atomic mass is 9.88. The van der Waals surface area contributed by atoms with Crippen molar-refractivity contribution in [3.05, 3.63) is 42.0 Å². The van der Waals surface area contributed by atoms with Crippen molar-refractivity contribution in [2.24, 2.45) is 5.41 Å². The third-order valence-corrected chi connectivity index (χ3v) is 3.38. The number of ether oxygens (including phenoxy) is 2. The quantitative estimate of drug-likeness (QED) is 0.428. The number of unbranched alkanes of at least 4 members (excludes halogenated alkanes) is 1. The number of methoxy groups -OCH3 is 1. The van der Waals surface area contributed by atoms with Crippen molar-refractivity contribution in [3.8, 4) is 5.75 Å². The van der Waals surface area contributed by atoms with Crippen LogP contribution in [0, 0.1) is 5.41 Å². The van der Waals surface area contributed by atoms with Gasteiger partial charge in [0.1, 0.15) is 5.75 Å². The molecule has 0 aliphatic rings. The summed E-state index contributed by atoms with van der Waals surface area (Å²) in [4.78, 5) is 10.9. The van der Waals surface area contributed by atoms with Crippen molar-refractivity contribution in [2.45, 2.75) is 39.7 Å². The van der Waals surface area contributed by atoms with E-state index in [4.69, 9.17) is 4.74 Å². The fourth-order valence-electron chi connectivity index (χ4n) is 2.06. The number of hydrogen-bond acceptors (Lipinski definition) is 4. The highest BCUT2D eigenvalue weighted by molar-refractivity contribution is 5.81. The zero-order chi connectivity index (χ0) is 16.4. The molecule has 0 saturated carbocycles. The van der Waals surface area contributed by atoms with Gasteiger partial charge in [-0.1, -0.05) is 32.1 Å². The van der Waals surface area contributed by atoms with Gasteiger partial charge < -0.3 is 14.6 Å². The summed E-state index contributed by atoms with van der Waals surface area (Å²) in [5.74, 6) is -0.0411. The number of rotatable bonds is 9. The first-order chi connectivity index (χ1) is 10.4. The molecule has 1 aromatic rings. The first kappa shape index (κ1) is 18.2. The van der Waals surface area contributed by atoms with Crippen LogP contribution in [0.2, 0.25) is 0 Å². The van der Waals surface area contributed by atoms with Gasteiger partial charge in [0.2, 0.25) is 0 Å². The molecule has 0 amide bonds. The van der Waals surface area contributed by atoms with Gasteiger partial charge in [0.05, 0.1) is 20.3 Å². The molecule has 0 atom stereocenters. The summed E-state index contributed by atoms with van der Waals surface area (Å²) in [6.07, 6.45) is 6.20. The van der Waals surface area contributed by atoms with Crippen LogP contribution in [0.4, 0.5) is 0 Å². The van der Waals surface area contributed by atoms with Crippen LogP contribution >= 0.6 is 0 Å². The minimum absolute atomic E-state index is 0.0933. The third-order valence-electron chi connectivity index (χ3n) is 3.38. The van der Waals surface area contributed by atoms with Gasteiger partial charge in [-0.2, -0.15) is 0 Å². The predicted octanol–water partition coefficient (Wildman–Crippen LogP) is 3.83. The van der Waals surface area contributed by atoms with E-state index in [2.05, 4.69) is 18.6 Å². The molecule has 1 aromatic carbocycles. The van der Waals surface area contributed by atoms with Gasteiger partial charge in [-0.15, -0.1) is 0 Å². The molecule has 0 radical (unpaired) electrons. The molecule has 0 heterocycles. The third kappa shape index (κ3) is 7.84. The van der Waals surface area contributed by atoms with Crippen molar-refractivity contribution in [1.82, 2.24) is 0 Å². The summed E-state index contributed by atoms with van der Waals surface area (Å²) in [7, 11) is 1.38. The molecule has 1 rings (SSSR count). The molecule has 0 saturated heterocycles. The Morgan fingerprint density at radius 1 is 1.27 bits per heavy atom. The van der Waals surface area contributed by atoms with Crippen LogP contribution in [0.1, 0.15) is 38.7 Å². The molecule has 1 N–H and O–H groups in total. The summed E-state index contributed by atoms with van der Waals surface area (Å²) in [5, 5.41) is 9.23. The highest BCUT2D eigenvalue weighted by Crippen LogP contribution is 2.24. The minimum Gasteiger partial charge on any atom is -0.508 e. The zero-order valence-corrected chi connectivity index (χ0v) is 13.7. The van der Waals surface area contributed by atoms with E-state index < -0.39 is 0 Å². The summed E-state index contributed by atoms with van der Waals surface area (Å²) in [6.45, 7) is 5.57. The molecular weight excluding hydrogens is 280 g/mol. The maximum Gasteiger partial charge on any atom is 0.330 e. The minimum atomic E-state index is -0.309. The van der Waals surface area contributed by atoms with Crippen LogP contribution in [-0.4, -0.2) is 24.8 Å². The smallest absolute Gasteiger partial charge is 0.330 e. The first-order valence-corrected chi connectivity index (χ1v) is 7.53. The summed E-state index contributed by atoms with van der Waals surface area (Å²) in [5.41, 5.74) is 1.14. The number of esters is 1. The Bertz CT molecular complexity index is 474. The van der Waals surface area contributed by atoms with E-state index in [1.165, 1.54) is 13.2 Å². The topological polar surface area (TPSA) is 55.8 Å². The monoisotopic (exact) mass is 306 g/mol. The van der Waals surface area contributed by atoms with Crippen molar-refractivity contribution < 1.29 is 19.4 Å². The molecule has 0 aromatic heterocycles. The number of phenols is 1. The fourth-order valence-corrected chi connectivity index (χ4v) is 2.06. The lowest BCUT2D eigenvalue weighted by molar-refractivity contribution is -0.134. The fraction of sp³-hybridized carbons (Fsp3) is 0.500. The number of carbonyl (C=O) groups excluding carboxylic acids is 1. The van der Waals surface area contributed by atoms with Crippen LogP contribution in [-0.2, 0) is 20.9 Å². The maximum atomic E-state index is 10.9. The Morgan fingerprint density at radius 2 is 1.95 bits per heavy atom. The number of hydrogen-bond donors (Lipinski definition) is 1. The number of phenolic OH excluding ortho intramolecular Hbond substituents is 1. The van der Waals surface area contributed by atoms with Crippen molar-refractivity contribution in [2.75, 3.05) is 13.7 Å². The van der Waals surface area contributed by atoms with Crippen molar-refractivity contribution in [3.63, 3.8) is 0 Å². The highest BCUT2D eigenvalue weighted by atomic mass is 16.5. The molecule has 4 heteroatoms. The van der Waals surface area contributed by atoms with Crippen LogP contribution in [0.15, 0.2) is 36.4 Å². The lowest BCUT2D eigenvalue weighted by Crippen LogP contribution is -2.19. The second-order valence-corrected chi connectivity index (χ2v) is 6.14. The standard InChI is InChI=1S/C18H26O4/c1-18(2,12-6-4-5-7-17(20)21-3)14-22-13-15-8-10-16(19)11-9-15/h5,7-11,19H,4,6,12-14H2,1-3H3. The molecule has 0 aliphatic carbocycles. The van der Waals surface area contributed by atoms with Crippen LogP contribution < -0.4 is 0 Å². The molecule has 22 heavy (non-hydrogen) atoms. The second kappa shape index (κ2) is 9.26. The van der Waals surface area contributed by atoms with E-state index in [-0.39, 0.29) is 17.1 Å². The van der Waals surface area contributed by atoms with Gasteiger partial charge in [-0.25, -0.2) is 4.79 Å². The van der Waals surface area contributed by atoms with Crippen LogP contribution in [0.5, 0.6) is 5.75 Å². The van der Waals surface area contributed by atoms with E-state index in [0.29, 0.717) is 13.2 Å². The normalized spacial score (nSPS) is 11.8. The van der Waals surface area contributed by atoms with Gasteiger partial charge >= 0.3 is 5.97 Å². The Kier molecular flexibility index (Phi) is 7.67. The Hall–Kier alpha value is -1.81. The molecule has 0 aliphatic heterocycles. The molecule has 0 bridgehead atoms. The maximum absolute atomic E-state index is 10.9. The van der Waals surface area contributed by atoms with Gasteiger partial charge in [0.15, 0.2) is 0 Å². The first-order valence-electron chi connectivity index (χ1n) is 7.53. The second-order valence-electron chi connectivity index (χ2n) is 6.14. The van der Waals surface area contributed by atoms with E-state index in [0.717, 1.165) is 24.8 Å². The number of carbonyl (C=O) groups is 1. The summed E-state index contributed by atoms with van der Waals surface area (Å²) >= 11 is 0. The molecule has 0 fully saturated rings. The zero-order valence-electron chi connectivity index (χ0n) is 13.7. The van der Waals surface area contributed by atoms with Gasteiger partial charge in [0, 0.05) is 6.08 Å². The van der Waals surface area contributed by atoms with Crippen LogP contribution in [0.3, 0.4) is 0 Å². The number of aromatic hydroxyl groups is 1. The van der Waals surface area contributed by atoms with Crippen molar-refractivity contribution in [1.29, 1.82) is 0 Å². The van der Waals surface area contributed by atoms with E-state index in [9.17, 15) is 9.90 Å².